The quantitative estimate of drug-likeness (QED) is 0.925. The van der Waals surface area contributed by atoms with E-state index in [1.54, 1.807) is 0 Å². The fourth-order valence-corrected chi connectivity index (χ4v) is 2.47. The lowest BCUT2D eigenvalue weighted by Crippen LogP contribution is -2.48. The maximum Gasteiger partial charge on any atom is 0.417 e. The van der Waals surface area contributed by atoms with Crippen LogP contribution in [0.1, 0.15) is 5.56 Å². The summed E-state index contributed by atoms with van der Waals surface area (Å²) in [6.07, 6.45) is -3.59. The Hall–Kier alpha value is -1.05. The number of nitrogens with two attached hydrogens (primary N) is 1. The average molecular weight is 309 g/mol. The predicted octanol–water partition coefficient (Wildman–Crippen LogP) is 1.83. The molecule has 1 saturated heterocycles. The van der Waals surface area contributed by atoms with Crippen molar-refractivity contribution < 1.29 is 13.2 Å². The van der Waals surface area contributed by atoms with E-state index in [9.17, 15) is 13.2 Å². The Morgan fingerprint density at radius 3 is 2.40 bits per heavy atom. The number of rotatable bonds is 3. The van der Waals surface area contributed by atoms with E-state index in [0.717, 1.165) is 31.9 Å². The van der Waals surface area contributed by atoms with Crippen LogP contribution < -0.4 is 10.6 Å². The summed E-state index contributed by atoms with van der Waals surface area (Å²) in [6.45, 7) is 4.38. The van der Waals surface area contributed by atoms with Crippen molar-refractivity contribution >= 4 is 17.4 Å². The van der Waals surface area contributed by atoms with Crippen LogP contribution in [0.15, 0.2) is 12.3 Å². The lowest BCUT2D eigenvalue weighted by atomic mass is 10.2. The van der Waals surface area contributed by atoms with Gasteiger partial charge in [0.2, 0.25) is 0 Å². The molecule has 0 saturated carbocycles. The third-order valence-corrected chi connectivity index (χ3v) is 3.54. The molecule has 8 heteroatoms. The molecular weight excluding hydrogens is 293 g/mol. The number of piperazine rings is 1. The highest BCUT2D eigenvalue weighted by Crippen LogP contribution is 2.33. The Kier molecular flexibility index (Phi) is 4.72. The minimum atomic E-state index is -4.42. The van der Waals surface area contributed by atoms with Gasteiger partial charge < -0.3 is 10.6 Å². The Morgan fingerprint density at radius 1 is 1.25 bits per heavy atom. The van der Waals surface area contributed by atoms with Gasteiger partial charge in [-0.15, -0.1) is 0 Å². The van der Waals surface area contributed by atoms with Gasteiger partial charge in [0.15, 0.2) is 0 Å². The minimum Gasteiger partial charge on any atom is -0.353 e. The van der Waals surface area contributed by atoms with Gasteiger partial charge in [-0.3, -0.25) is 4.90 Å². The number of alkyl halides is 3. The molecular formula is C12H16ClF3N4. The van der Waals surface area contributed by atoms with Gasteiger partial charge in [-0.2, -0.15) is 13.2 Å². The van der Waals surface area contributed by atoms with Gasteiger partial charge in [0, 0.05) is 45.5 Å². The maximum absolute atomic E-state index is 12.5. The fraction of sp³-hybridized carbons (Fsp3) is 0.583. The first kappa shape index (κ1) is 15.3. The Morgan fingerprint density at radius 2 is 1.90 bits per heavy atom. The highest BCUT2D eigenvalue weighted by atomic mass is 35.5. The maximum atomic E-state index is 12.5. The molecule has 0 unspecified atom stereocenters. The molecule has 1 fully saturated rings. The Balaban J connectivity index is 2.07. The first-order valence-corrected chi connectivity index (χ1v) is 6.69. The molecule has 20 heavy (non-hydrogen) atoms. The molecule has 2 heterocycles. The summed E-state index contributed by atoms with van der Waals surface area (Å²) in [6, 6.07) is 0.927. The zero-order valence-corrected chi connectivity index (χ0v) is 11.6. The van der Waals surface area contributed by atoms with Crippen LogP contribution in [-0.4, -0.2) is 49.2 Å². The molecule has 0 amide bonds. The number of pyridine rings is 1. The summed E-state index contributed by atoms with van der Waals surface area (Å²) in [5.74, 6) is 0.409. The van der Waals surface area contributed by atoms with E-state index in [-0.39, 0.29) is 5.02 Å². The molecule has 1 aliphatic rings. The van der Waals surface area contributed by atoms with Crippen molar-refractivity contribution in [3.8, 4) is 0 Å². The molecule has 2 N–H and O–H groups in total. The Bertz CT molecular complexity index is 459. The fourth-order valence-electron chi connectivity index (χ4n) is 2.18. The van der Waals surface area contributed by atoms with Crippen molar-refractivity contribution in [1.82, 2.24) is 9.88 Å². The molecule has 0 atom stereocenters. The lowest BCUT2D eigenvalue weighted by Gasteiger charge is -2.35. The predicted molar refractivity (Wildman–Crippen MR) is 72.0 cm³/mol. The van der Waals surface area contributed by atoms with Crippen LogP contribution in [0, 0.1) is 0 Å². The topological polar surface area (TPSA) is 45.4 Å². The van der Waals surface area contributed by atoms with Crippen LogP contribution in [-0.2, 0) is 6.18 Å². The molecule has 112 valence electrons. The van der Waals surface area contributed by atoms with Crippen molar-refractivity contribution in [3.63, 3.8) is 0 Å². The van der Waals surface area contributed by atoms with Gasteiger partial charge in [0.1, 0.15) is 5.82 Å². The Labute approximate surface area is 120 Å². The minimum absolute atomic E-state index is 0.0344. The first-order valence-electron chi connectivity index (χ1n) is 6.32. The largest absolute Gasteiger partial charge is 0.417 e. The summed E-state index contributed by atoms with van der Waals surface area (Å²) in [5, 5.41) is 0.0344. The van der Waals surface area contributed by atoms with Crippen LogP contribution in [0.4, 0.5) is 19.0 Å². The van der Waals surface area contributed by atoms with Crippen LogP contribution in [0.25, 0.3) is 0 Å². The summed E-state index contributed by atoms with van der Waals surface area (Å²) in [4.78, 5) is 7.97. The molecule has 0 bridgehead atoms. The molecule has 4 nitrogen and oxygen atoms in total. The van der Waals surface area contributed by atoms with Crippen molar-refractivity contribution in [2.24, 2.45) is 5.73 Å². The van der Waals surface area contributed by atoms with Gasteiger partial charge in [0.25, 0.3) is 0 Å². The zero-order valence-electron chi connectivity index (χ0n) is 10.8. The summed E-state index contributed by atoms with van der Waals surface area (Å²) in [5.41, 5.74) is 4.67. The van der Waals surface area contributed by atoms with Gasteiger partial charge in [-0.05, 0) is 6.07 Å². The van der Waals surface area contributed by atoms with Crippen LogP contribution >= 0.6 is 11.6 Å². The number of nitrogens with zero attached hydrogens (tertiary/aromatic N) is 3. The molecule has 0 spiro atoms. The van der Waals surface area contributed by atoms with E-state index < -0.39 is 11.7 Å². The first-order chi connectivity index (χ1) is 9.41. The summed E-state index contributed by atoms with van der Waals surface area (Å²) >= 11 is 5.93. The number of anilines is 1. The second kappa shape index (κ2) is 6.15. The molecule has 1 aromatic rings. The van der Waals surface area contributed by atoms with E-state index in [4.69, 9.17) is 17.3 Å². The van der Waals surface area contributed by atoms with Crippen molar-refractivity contribution in [2.75, 3.05) is 44.2 Å². The smallest absolute Gasteiger partial charge is 0.353 e. The third kappa shape index (κ3) is 3.53. The monoisotopic (exact) mass is 308 g/mol. The van der Waals surface area contributed by atoms with Crippen LogP contribution in [0.5, 0.6) is 0 Å². The highest BCUT2D eigenvalue weighted by Gasteiger charge is 2.32. The van der Waals surface area contributed by atoms with E-state index >= 15 is 0 Å². The van der Waals surface area contributed by atoms with E-state index in [1.807, 2.05) is 4.90 Å². The van der Waals surface area contributed by atoms with Gasteiger partial charge in [0.05, 0.1) is 10.6 Å². The standard InChI is InChI=1S/C12H16ClF3N4/c13-10-7-9(12(14,15)16)8-18-11(10)20-5-3-19(2-1-17)4-6-20/h7-8H,1-6,17H2. The third-order valence-electron chi connectivity index (χ3n) is 3.27. The summed E-state index contributed by atoms with van der Waals surface area (Å²) in [7, 11) is 0. The second-order valence-corrected chi connectivity index (χ2v) is 5.05. The summed E-state index contributed by atoms with van der Waals surface area (Å²) < 4.78 is 37.6. The van der Waals surface area contributed by atoms with Gasteiger partial charge in [-0.1, -0.05) is 11.6 Å². The molecule has 0 radical (unpaired) electrons. The molecule has 0 aliphatic carbocycles. The number of hydrogen-bond donors (Lipinski definition) is 1. The van der Waals surface area contributed by atoms with E-state index in [0.29, 0.717) is 25.5 Å². The second-order valence-electron chi connectivity index (χ2n) is 4.64. The average Bonchev–Trinajstić information content (AvgIpc) is 2.39. The SMILES string of the molecule is NCCN1CCN(c2ncc(C(F)(F)F)cc2Cl)CC1. The van der Waals surface area contributed by atoms with Crippen molar-refractivity contribution in [3.05, 3.63) is 22.8 Å². The number of halogens is 4. The zero-order chi connectivity index (χ0) is 14.8. The normalized spacial score (nSPS) is 17.6. The van der Waals surface area contributed by atoms with Crippen LogP contribution in [0.2, 0.25) is 5.02 Å². The molecule has 0 aromatic carbocycles. The molecule has 1 aliphatic heterocycles. The van der Waals surface area contributed by atoms with E-state index in [1.165, 1.54) is 0 Å². The number of aromatic nitrogens is 1. The van der Waals surface area contributed by atoms with E-state index in [2.05, 4.69) is 9.88 Å². The van der Waals surface area contributed by atoms with Gasteiger partial charge >= 0.3 is 6.18 Å². The lowest BCUT2D eigenvalue weighted by molar-refractivity contribution is -0.137. The molecule has 2 rings (SSSR count). The van der Waals surface area contributed by atoms with Crippen molar-refractivity contribution in [2.45, 2.75) is 6.18 Å². The van der Waals surface area contributed by atoms with Crippen LogP contribution in [0.3, 0.4) is 0 Å². The molecule has 1 aromatic heterocycles. The number of hydrogen-bond acceptors (Lipinski definition) is 4. The highest BCUT2D eigenvalue weighted by molar-refractivity contribution is 6.33. The van der Waals surface area contributed by atoms with Gasteiger partial charge in [-0.25, -0.2) is 4.98 Å². The van der Waals surface area contributed by atoms with Crippen molar-refractivity contribution in [1.29, 1.82) is 0 Å².